The van der Waals surface area contributed by atoms with Crippen LogP contribution in [-0.2, 0) is 10.0 Å². The number of nitrogens with one attached hydrogen (secondary N) is 1. The summed E-state index contributed by atoms with van der Waals surface area (Å²) in [5.74, 6) is -0.0965. The fourth-order valence-corrected chi connectivity index (χ4v) is 3.94. The molecule has 0 amide bonds. The van der Waals surface area contributed by atoms with E-state index in [1.165, 1.54) is 30.5 Å². The van der Waals surface area contributed by atoms with E-state index in [2.05, 4.69) is 9.93 Å². The number of hydrazone groups is 1. The van der Waals surface area contributed by atoms with Gasteiger partial charge in [-0.05, 0) is 70.9 Å². The number of ether oxygens (including phenoxy) is 1. The third kappa shape index (κ3) is 4.96. The first kappa shape index (κ1) is 21.5. The lowest BCUT2D eigenvalue weighted by Gasteiger charge is -2.07. The predicted octanol–water partition coefficient (Wildman–Crippen LogP) is 5.02. The maximum atomic E-state index is 12.6. The van der Waals surface area contributed by atoms with Gasteiger partial charge in [0.1, 0.15) is 5.75 Å². The maximum absolute atomic E-state index is 12.6. The number of rotatable bonds is 6. The zero-order valence-electron chi connectivity index (χ0n) is 16.6. The highest BCUT2D eigenvalue weighted by Gasteiger charge is 2.13. The molecule has 4 aromatic rings. The number of nitrogens with zero attached hydrogens (tertiary/aromatic N) is 1. The normalized spacial score (nSPS) is 11.5. The molecule has 6 nitrogen and oxygen atoms in total. The van der Waals surface area contributed by atoms with Gasteiger partial charge in [0.15, 0.2) is 0 Å². The van der Waals surface area contributed by atoms with Crippen LogP contribution in [0, 0.1) is 0 Å². The maximum Gasteiger partial charge on any atom is 0.344 e. The van der Waals surface area contributed by atoms with Crippen LogP contribution < -0.4 is 9.57 Å². The van der Waals surface area contributed by atoms with E-state index in [0.717, 1.165) is 10.8 Å². The SMILES string of the molecule is O=C(Oc1ccc(/C=N/NS(=O)(=O)c2ccc(Cl)cc2)cc1)c1cccc2ccccc12. The quantitative estimate of drug-likeness (QED) is 0.188. The topological polar surface area (TPSA) is 84.8 Å². The Bertz CT molecular complexity index is 1400. The van der Waals surface area contributed by atoms with Gasteiger partial charge < -0.3 is 4.74 Å². The number of esters is 1. The molecule has 160 valence electrons. The minimum absolute atomic E-state index is 0.0507. The zero-order valence-corrected chi connectivity index (χ0v) is 18.2. The Labute approximate surface area is 190 Å². The minimum atomic E-state index is -3.80. The Balaban J connectivity index is 1.42. The molecule has 1 N–H and O–H groups in total. The molecule has 0 saturated heterocycles. The number of hydrogen-bond acceptors (Lipinski definition) is 5. The molecule has 0 spiro atoms. The van der Waals surface area contributed by atoms with Crippen molar-refractivity contribution in [2.75, 3.05) is 0 Å². The van der Waals surface area contributed by atoms with Gasteiger partial charge >= 0.3 is 5.97 Å². The highest BCUT2D eigenvalue weighted by Crippen LogP contribution is 2.21. The summed E-state index contributed by atoms with van der Waals surface area (Å²) in [7, 11) is -3.80. The standard InChI is InChI=1S/C24H17ClN2O4S/c25-19-10-14-21(15-11-19)32(29,30)27-26-16-17-8-12-20(13-9-17)31-24(28)23-7-3-5-18-4-1-2-6-22(18)23/h1-16,27H/b26-16+. The van der Waals surface area contributed by atoms with E-state index in [1.807, 2.05) is 36.4 Å². The number of carbonyl (C=O) groups is 1. The van der Waals surface area contributed by atoms with Crippen LogP contribution in [0.5, 0.6) is 5.75 Å². The van der Waals surface area contributed by atoms with Crippen molar-refractivity contribution in [2.24, 2.45) is 5.10 Å². The van der Waals surface area contributed by atoms with Gasteiger partial charge in [0.05, 0.1) is 16.7 Å². The van der Waals surface area contributed by atoms with E-state index in [1.54, 1.807) is 30.3 Å². The second kappa shape index (κ2) is 9.21. The van der Waals surface area contributed by atoms with Gasteiger partial charge in [0, 0.05) is 5.02 Å². The highest BCUT2D eigenvalue weighted by atomic mass is 35.5. The fourth-order valence-electron chi connectivity index (χ4n) is 3.02. The van der Waals surface area contributed by atoms with Gasteiger partial charge in [-0.2, -0.15) is 13.5 Å². The first-order valence-corrected chi connectivity index (χ1v) is 11.4. The van der Waals surface area contributed by atoms with Crippen molar-refractivity contribution in [3.8, 4) is 5.75 Å². The lowest BCUT2D eigenvalue weighted by Crippen LogP contribution is -2.18. The molecule has 0 radical (unpaired) electrons. The minimum Gasteiger partial charge on any atom is -0.423 e. The molecular weight excluding hydrogens is 448 g/mol. The lowest BCUT2D eigenvalue weighted by atomic mass is 10.0. The van der Waals surface area contributed by atoms with Crippen LogP contribution in [-0.4, -0.2) is 20.6 Å². The molecule has 32 heavy (non-hydrogen) atoms. The molecule has 0 aliphatic heterocycles. The zero-order chi connectivity index (χ0) is 22.6. The number of benzene rings is 4. The summed E-state index contributed by atoms with van der Waals surface area (Å²) in [6.07, 6.45) is 1.35. The largest absolute Gasteiger partial charge is 0.423 e. The molecule has 4 aromatic carbocycles. The summed E-state index contributed by atoms with van der Waals surface area (Å²) in [4.78, 5) is 14.8. The second-order valence-corrected chi connectivity index (χ2v) is 8.89. The van der Waals surface area contributed by atoms with Gasteiger partial charge in [-0.1, -0.05) is 48.0 Å². The second-order valence-electron chi connectivity index (χ2n) is 6.79. The Morgan fingerprint density at radius 1 is 0.875 bits per heavy atom. The molecule has 4 rings (SSSR count). The summed E-state index contributed by atoms with van der Waals surface area (Å²) in [6.45, 7) is 0. The average Bonchev–Trinajstić information content (AvgIpc) is 2.80. The number of fused-ring (bicyclic) bond motifs is 1. The molecule has 0 saturated carbocycles. The molecule has 0 heterocycles. The van der Waals surface area contributed by atoms with Crippen molar-refractivity contribution in [1.82, 2.24) is 4.83 Å². The Kier molecular flexibility index (Phi) is 6.20. The smallest absolute Gasteiger partial charge is 0.344 e. The van der Waals surface area contributed by atoms with E-state index in [9.17, 15) is 13.2 Å². The number of carbonyl (C=O) groups excluding carboxylic acids is 1. The van der Waals surface area contributed by atoms with Crippen LogP contribution in [0.4, 0.5) is 0 Å². The van der Waals surface area contributed by atoms with Crippen molar-refractivity contribution < 1.29 is 17.9 Å². The van der Waals surface area contributed by atoms with Crippen LogP contribution in [0.1, 0.15) is 15.9 Å². The van der Waals surface area contributed by atoms with Gasteiger partial charge in [0.2, 0.25) is 0 Å². The Hall–Kier alpha value is -3.68. The lowest BCUT2D eigenvalue weighted by molar-refractivity contribution is 0.0737. The third-order valence-electron chi connectivity index (χ3n) is 4.61. The van der Waals surface area contributed by atoms with Gasteiger partial charge in [-0.3, -0.25) is 0 Å². The first-order valence-electron chi connectivity index (χ1n) is 9.53. The van der Waals surface area contributed by atoms with E-state index in [0.29, 0.717) is 21.9 Å². The van der Waals surface area contributed by atoms with E-state index in [4.69, 9.17) is 16.3 Å². The number of sulfonamides is 1. The molecule has 0 unspecified atom stereocenters. The van der Waals surface area contributed by atoms with Gasteiger partial charge in [-0.25, -0.2) is 9.63 Å². The predicted molar refractivity (Wildman–Crippen MR) is 125 cm³/mol. The summed E-state index contributed by atoms with van der Waals surface area (Å²) < 4.78 is 29.9. The highest BCUT2D eigenvalue weighted by molar-refractivity contribution is 7.89. The molecule has 0 bridgehead atoms. The summed E-state index contributed by atoms with van der Waals surface area (Å²) in [5, 5.41) is 5.99. The van der Waals surface area contributed by atoms with Crippen molar-refractivity contribution in [2.45, 2.75) is 4.90 Å². The number of hydrogen-bond donors (Lipinski definition) is 1. The summed E-state index contributed by atoms with van der Waals surface area (Å²) in [6, 6.07) is 25.3. The Morgan fingerprint density at radius 3 is 2.31 bits per heavy atom. The molecule has 0 atom stereocenters. The first-order chi connectivity index (χ1) is 15.4. The summed E-state index contributed by atoms with van der Waals surface area (Å²) >= 11 is 5.77. The molecular formula is C24H17ClN2O4S. The van der Waals surface area contributed by atoms with Crippen molar-refractivity contribution in [3.63, 3.8) is 0 Å². The number of halogens is 1. The van der Waals surface area contributed by atoms with Crippen molar-refractivity contribution in [1.29, 1.82) is 0 Å². The van der Waals surface area contributed by atoms with Crippen LogP contribution in [0.2, 0.25) is 5.02 Å². The van der Waals surface area contributed by atoms with Gasteiger partial charge in [-0.15, -0.1) is 0 Å². The molecule has 0 aromatic heterocycles. The van der Waals surface area contributed by atoms with Crippen LogP contribution in [0.3, 0.4) is 0 Å². The molecule has 8 heteroatoms. The fraction of sp³-hybridized carbons (Fsp3) is 0. The average molecular weight is 465 g/mol. The van der Waals surface area contributed by atoms with Crippen LogP contribution in [0.25, 0.3) is 10.8 Å². The van der Waals surface area contributed by atoms with Gasteiger partial charge in [0.25, 0.3) is 10.0 Å². The van der Waals surface area contributed by atoms with Crippen LogP contribution in [0.15, 0.2) is 101 Å². The van der Waals surface area contributed by atoms with Crippen molar-refractivity contribution >= 4 is 44.6 Å². The van der Waals surface area contributed by atoms with E-state index >= 15 is 0 Å². The monoisotopic (exact) mass is 464 g/mol. The molecule has 0 fully saturated rings. The molecule has 0 aliphatic carbocycles. The Morgan fingerprint density at radius 2 is 1.56 bits per heavy atom. The van der Waals surface area contributed by atoms with Crippen LogP contribution >= 0.6 is 11.6 Å². The van der Waals surface area contributed by atoms with E-state index in [-0.39, 0.29) is 4.90 Å². The van der Waals surface area contributed by atoms with Crippen molar-refractivity contribution in [3.05, 3.63) is 107 Å². The summed E-state index contributed by atoms with van der Waals surface area (Å²) in [5.41, 5.74) is 1.10. The third-order valence-corrected chi connectivity index (χ3v) is 6.10. The molecule has 0 aliphatic rings. The van der Waals surface area contributed by atoms with E-state index < -0.39 is 16.0 Å².